The predicted molar refractivity (Wildman–Crippen MR) is 90.9 cm³/mol. The lowest BCUT2D eigenvalue weighted by Crippen LogP contribution is -2.39. The summed E-state index contributed by atoms with van der Waals surface area (Å²) in [5, 5.41) is 2.14. The fraction of sp³-hybridized carbons (Fsp3) is 0.722. The van der Waals surface area contributed by atoms with Crippen LogP contribution in [-0.2, 0) is 11.2 Å². The van der Waals surface area contributed by atoms with E-state index in [1.54, 1.807) is 0 Å². The summed E-state index contributed by atoms with van der Waals surface area (Å²) in [5.74, 6) is 1.54. The van der Waals surface area contributed by atoms with Crippen LogP contribution in [0.1, 0.15) is 50.8 Å². The van der Waals surface area contributed by atoms with Crippen LogP contribution in [-0.4, -0.2) is 30.3 Å². The topological polar surface area (TPSA) is 20.3 Å². The van der Waals surface area contributed by atoms with Crippen LogP contribution in [0.4, 0.5) is 0 Å². The van der Waals surface area contributed by atoms with Crippen LogP contribution < -0.4 is 0 Å². The van der Waals surface area contributed by atoms with E-state index in [9.17, 15) is 4.79 Å². The molecular formula is C18H29NOS. The molecule has 3 atom stereocenters. The fourth-order valence-corrected chi connectivity index (χ4v) is 4.28. The predicted octanol–water partition coefficient (Wildman–Crippen LogP) is 4.40. The molecule has 0 spiro atoms. The molecule has 0 saturated heterocycles. The SMILES string of the molecule is CCCC1CCC(=O)C(CN(C)C(C)Cc2cccs2)C1. The second-order valence-electron chi connectivity index (χ2n) is 6.66. The van der Waals surface area contributed by atoms with E-state index in [1.807, 2.05) is 11.3 Å². The number of nitrogens with zero attached hydrogens (tertiary/aromatic N) is 1. The van der Waals surface area contributed by atoms with Crippen LogP contribution in [0.25, 0.3) is 0 Å². The van der Waals surface area contributed by atoms with Gasteiger partial charge in [-0.05, 0) is 50.6 Å². The summed E-state index contributed by atoms with van der Waals surface area (Å²) < 4.78 is 0. The summed E-state index contributed by atoms with van der Waals surface area (Å²) in [6, 6.07) is 4.83. The molecule has 1 saturated carbocycles. The Morgan fingerprint density at radius 3 is 2.95 bits per heavy atom. The third-order valence-electron chi connectivity index (χ3n) is 4.91. The van der Waals surface area contributed by atoms with Crippen molar-refractivity contribution in [2.75, 3.05) is 13.6 Å². The molecule has 1 heterocycles. The van der Waals surface area contributed by atoms with Gasteiger partial charge < -0.3 is 4.90 Å². The smallest absolute Gasteiger partial charge is 0.137 e. The Hall–Kier alpha value is -0.670. The number of hydrogen-bond donors (Lipinski definition) is 0. The number of thiophene rings is 1. The van der Waals surface area contributed by atoms with Gasteiger partial charge in [-0.3, -0.25) is 4.79 Å². The van der Waals surface area contributed by atoms with Gasteiger partial charge in [0.1, 0.15) is 5.78 Å². The van der Waals surface area contributed by atoms with Gasteiger partial charge in [0.05, 0.1) is 0 Å². The maximum Gasteiger partial charge on any atom is 0.137 e. The molecule has 1 aromatic heterocycles. The summed E-state index contributed by atoms with van der Waals surface area (Å²) in [6.45, 7) is 5.46. The Morgan fingerprint density at radius 2 is 2.29 bits per heavy atom. The van der Waals surface area contributed by atoms with Crippen molar-refractivity contribution in [1.82, 2.24) is 4.90 Å². The highest BCUT2D eigenvalue weighted by atomic mass is 32.1. The van der Waals surface area contributed by atoms with Gasteiger partial charge in [-0.1, -0.05) is 25.8 Å². The van der Waals surface area contributed by atoms with Crippen LogP contribution in [0, 0.1) is 11.8 Å². The number of rotatable bonds is 7. The van der Waals surface area contributed by atoms with Gasteiger partial charge in [-0.25, -0.2) is 0 Å². The lowest BCUT2D eigenvalue weighted by Gasteiger charge is -2.33. The Bertz CT molecular complexity index is 428. The van der Waals surface area contributed by atoms with Crippen molar-refractivity contribution < 1.29 is 4.79 Å². The first kappa shape index (κ1) is 16.7. The zero-order chi connectivity index (χ0) is 15.2. The van der Waals surface area contributed by atoms with E-state index < -0.39 is 0 Å². The van der Waals surface area contributed by atoms with Gasteiger partial charge >= 0.3 is 0 Å². The molecule has 21 heavy (non-hydrogen) atoms. The largest absolute Gasteiger partial charge is 0.303 e. The lowest BCUT2D eigenvalue weighted by molar-refractivity contribution is -0.126. The Morgan fingerprint density at radius 1 is 1.48 bits per heavy atom. The number of hydrogen-bond acceptors (Lipinski definition) is 3. The van der Waals surface area contributed by atoms with Crippen molar-refractivity contribution >= 4 is 17.1 Å². The summed E-state index contributed by atoms with van der Waals surface area (Å²) in [6.07, 6.45) is 6.67. The highest BCUT2D eigenvalue weighted by Gasteiger charge is 2.29. The molecule has 0 radical (unpaired) electrons. The highest BCUT2D eigenvalue weighted by molar-refractivity contribution is 7.09. The molecule has 3 heteroatoms. The van der Waals surface area contributed by atoms with E-state index in [2.05, 4.69) is 43.3 Å². The maximum atomic E-state index is 12.2. The Labute approximate surface area is 133 Å². The summed E-state index contributed by atoms with van der Waals surface area (Å²) >= 11 is 1.83. The van der Waals surface area contributed by atoms with Crippen molar-refractivity contribution in [3.8, 4) is 0 Å². The van der Waals surface area contributed by atoms with Gasteiger partial charge in [0.25, 0.3) is 0 Å². The number of carbonyl (C=O) groups is 1. The minimum absolute atomic E-state index is 0.270. The molecule has 1 aliphatic carbocycles. The average molecular weight is 308 g/mol. The Kier molecular flexibility index (Phi) is 6.43. The second-order valence-corrected chi connectivity index (χ2v) is 7.70. The van der Waals surface area contributed by atoms with Crippen LogP contribution in [0.3, 0.4) is 0 Å². The van der Waals surface area contributed by atoms with Gasteiger partial charge in [-0.15, -0.1) is 11.3 Å². The molecule has 1 fully saturated rings. The van der Waals surface area contributed by atoms with Crippen molar-refractivity contribution in [2.24, 2.45) is 11.8 Å². The lowest BCUT2D eigenvalue weighted by atomic mass is 9.78. The average Bonchev–Trinajstić information content (AvgIpc) is 2.95. The quantitative estimate of drug-likeness (QED) is 0.744. The van der Waals surface area contributed by atoms with Crippen molar-refractivity contribution in [1.29, 1.82) is 0 Å². The number of Topliss-reactive ketones (excluding diaryl/α,β-unsaturated/α-hetero) is 1. The zero-order valence-corrected chi connectivity index (χ0v) is 14.5. The summed E-state index contributed by atoms with van der Waals surface area (Å²) in [5.41, 5.74) is 0. The molecule has 0 aromatic carbocycles. The van der Waals surface area contributed by atoms with Gasteiger partial charge in [0.15, 0.2) is 0 Å². The van der Waals surface area contributed by atoms with Gasteiger partial charge in [0, 0.05) is 29.8 Å². The van der Waals surface area contributed by atoms with E-state index in [1.165, 1.54) is 17.7 Å². The zero-order valence-electron chi connectivity index (χ0n) is 13.7. The molecule has 118 valence electrons. The Balaban J connectivity index is 1.84. The molecule has 2 rings (SSSR count). The van der Waals surface area contributed by atoms with E-state index in [-0.39, 0.29) is 5.92 Å². The maximum absolute atomic E-state index is 12.2. The minimum Gasteiger partial charge on any atom is -0.303 e. The third-order valence-corrected chi connectivity index (χ3v) is 5.81. The van der Waals surface area contributed by atoms with E-state index >= 15 is 0 Å². The summed E-state index contributed by atoms with van der Waals surface area (Å²) in [7, 11) is 2.18. The van der Waals surface area contributed by atoms with Crippen molar-refractivity contribution in [3.05, 3.63) is 22.4 Å². The minimum atomic E-state index is 0.270. The monoisotopic (exact) mass is 307 g/mol. The molecule has 0 N–H and O–H groups in total. The van der Waals surface area contributed by atoms with Crippen LogP contribution in [0.2, 0.25) is 0 Å². The van der Waals surface area contributed by atoms with E-state index in [4.69, 9.17) is 0 Å². The first-order valence-electron chi connectivity index (χ1n) is 8.35. The molecule has 1 aromatic rings. The van der Waals surface area contributed by atoms with E-state index in [0.717, 1.165) is 38.1 Å². The normalized spacial score (nSPS) is 24.5. The first-order chi connectivity index (χ1) is 10.1. The standard InChI is InChI=1S/C18H29NOS/c1-4-6-15-8-9-18(20)16(12-15)13-19(3)14(2)11-17-7-5-10-21-17/h5,7,10,14-16H,4,6,8-9,11-13H2,1-3H3. The van der Waals surface area contributed by atoms with Crippen LogP contribution in [0.5, 0.6) is 0 Å². The van der Waals surface area contributed by atoms with E-state index in [0.29, 0.717) is 11.8 Å². The molecule has 0 aliphatic heterocycles. The number of carbonyl (C=O) groups excluding carboxylic acids is 1. The molecule has 3 unspecified atom stereocenters. The number of likely N-dealkylation sites (N-methyl/N-ethyl adjacent to an activating group) is 1. The van der Waals surface area contributed by atoms with Gasteiger partial charge in [-0.2, -0.15) is 0 Å². The third kappa shape index (κ3) is 4.93. The first-order valence-corrected chi connectivity index (χ1v) is 9.23. The molecule has 2 nitrogen and oxygen atoms in total. The molecular weight excluding hydrogens is 278 g/mol. The van der Waals surface area contributed by atoms with Gasteiger partial charge in [0.2, 0.25) is 0 Å². The summed E-state index contributed by atoms with van der Waals surface area (Å²) in [4.78, 5) is 16.0. The second kappa shape index (κ2) is 8.09. The van der Waals surface area contributed by atoms with Crippen molar-refractivity contribution in [2.45, 2.75) is 58.4 Å². The van der Waals surface area contributed by atoms with Crippen LogP contribution >= 0.6 is 11.3 Å². The molecule has 0 bridgehead atoms. The highest BCUT2D eigenvalue weighted by Crippen LogP contribution is 2.30. The molecule has 1 aliphatic rings. The van der Waals surface area contributed by atoms with Crippen molar-refractivity contribution in [3.63, 3.8) is 0 Å². The molecule has 0 amide bonds. The number of ketones is 1. The fourth-order valence-electron chi connectivity index (χ4n) is 3.45. The van der Waals surface area contributed by atoms with Crippen LogP contribution in [0.15, 0.2) is 17.5 Å².